The summed E-state index contributed by atoms with van der Waals surface area (Å²) in [5, 5.41) is 10.6. The minimum Gasteiger partial charge on any atom is -0.465 e. The fraction of sp³-hybridized carbons (Fsp3) is 0.143. The van der Waals surface area contributed by atoms with Gasteiger partial charge in [-0.3, -0.25) is 0 Å². The molecular weight excluding hydrogens is 204 g/mol. The summed E-state index contributed by atoms with van der Waals surface area (Å²) < 4.78 is 4.55. The minimum absolute atomic E-state index is 0.391. The second-order valence-electron chi connectivity index (χ2n) is 2.38. The number of aromatic nitrogens is 4. The Balaban J connectivity index is 2.31. The standard InChI is InChI=1S/C7H6N4O2S/c1-13-7(12)5-3-8-6(14-5)4-2-9-11-10-4/h2-3H,1H3,(H,9,10,11). The van der Waals surface area contributed by atoms with E-state index in [4.69, 9.17) is 0 Å². The Labute approximate surface area is 82.9 Å². The number of H-pyrrole nitrogens is 1. The zero-order valence-electron chi connectivity index (χ0n) is 7.22. The van der Waals surface area contributed by atoms with Crippen LogP contribution in [0.2, 0.25) is 0 Å². The van der Waals surface area contributed by atoms with Crippen molar-refractivity contribution in [3.05, 3.63) is 17.3 Å². The molecular formula is C7H6N4O2S. The van der Waals surface area contributed by atoms with E-state index in [2.05, 4.69) is 25.1 Å². The van der Waals surface area contributed by atoms with Crippen LogP contribution in [0.5, 0.6) is 0 Å². The average Bonchev–Trinajstić information content (AvgIpc) is 2.86. The average molecular weight is 210 g/mol. The summed E-state index contributed by atoms with van der Waals surface area (Å²) in [6, 6.07) is 0. The van der Waals surface area contributed by atoms with Gasteiger partial charge in [-0.25, -0.2) is 9.78 Å². The number of methoxy groups -OCH3 is 1. The molecule has 0 amide bonds. The Morgan fingerprint density at radius 2 is 2.43 bits per heavy atom. The topological polar surface area (TPSA) is 80.8 Å². The van der Waals surface area contributed by atoms with Gasteiger partial charge in [-0.2, -0.15) is 15.4 Å². The lowest BCUT2D eigenvalue weighted by Gasteiger charge is -1.90. The van der Waals surface area contributed by atoms with E-state index in [1.807, 2.05) is 0 Å². The maximum absolute atomic E-state index is 11.1. The second-order valence-corrected chi connectivity index (χ2v) is 3.41. The quantitative estimate of drug-likeness (QED) is 0.738. The normalized spacial score (nSPS) is 10.1. The fourth-order valence-electron chi connectivity index (χ4n) is 0.892. The largest absolute Gasteiger partial charge is 0.465 e. The van der Waals surface area contributed by atoms with Gasteiger partial charge >= 0.3 is 5.97 Å². The van der Waals surface area contributed by atoms with Crippen LogP contribution in [0.1, 0.15) is 9.67 Å². The zero-order valence-corrected chi connectivity index (χ0v) is 8.04. The molecule has 7 heteroatoms. The van der Waals surface area contributed by atoms with Crippen LogP contribution in [-0.2, 0) is 4.74 Å². The van der Waals surface area contributed by atoms with Gasteiger partial charge in [-0.05, 0) is 0 Å². The maximum Gasteiger partial charge on any atom is 0.349 e. The van der Waals surface area contributed by atoms with E-state index in [1.165, 1.54) is 24.6 Å². The predicted molar refractivity (Wildman–Crippen MR) is 48.8 cm³/mol. The molecule has 0 saturated carbocycles. The fourth-order valence-corrected chi connectivity index (χ4v) is 1.68. The number of hydrogen-bond donors (Lipinski definition) is 1. The molecule has 0 aliphatic carbocycles. The van der Waals surface area contributed by atoms with E-state index in [1.54, 1.807) is 6.20 Å². The summed E-state index contributed by atoms with van der Waals surface area (Å²) in [6.45, 7) is 0. The number of carbonyl (C=O) groups excluding carboxylic acids is 1. The van der Waals surface area contributed by atoms with Gasteiger partial charge in [0, 0.05) is 0 Å². The number of nitrogens with one attached hydrogen (secondary N) is 1. The SMILES string of the molecule is COC(=O)c1cnc(-c2cn[nH]n2)s1. The van der Waals surface area contributed by atoms with Gasteiger partial charge in [-0.15, -0.1) is 11.3 Å². The molecule has 0 unspecified atom stereocenters. The Kier molecular flexibility index (Phi) is 2.23. The van der Waals surface area contributed by atoms with E-state index in [0.717, 1.165) is 0 Å². The first-order valence-corrected chi connectivity index (χ1v) is 4.53. The Hall–Kier alpha value is -1.76. The number of ether oxygens (including phenoxy) is 1. The van der Waals surface area contributed by atoms with Crippen molar-refractivity contribution in [2.45, 2.75) is 0 Å². The number of hydrogen-bond acceptors (Lipinski definition) is 6. The van der Waals surface area contributed by atoms with E-state index in [-0.39, 0.29) is 0 Å². The summed E-state index contributed by atoms with van der Waals surface area (Å²) >= 11 is 1.22. The maximum atomic E-state index is 11.1. The summed E-state index contributed by atoms with van der Waals surface area (Å²) in [5.41, 5.74) is 0.616. The molecule has 0 saturated heterocycles. The first kappa shape index (κ1) is 8.82. The molecule has 1 N–H and O–H groups in total. The Morgan fingerprint density at radius 3 is 3.07 bits per heavy atom. The van der Waals surface area contributed by atoms with Crippen molar-refractivity contribution in [3.63, 3.8) is 0 Å². The third kappa shape index (κ3) is 1.49. The molecule has 6 nitrogen and oxygen atoms in total. The minimum atomic E-state index is -0.391. The number of nitrogens with zero attached hydrogens (tertiary/aromatic N) is 3. The second kappa shape index (κ2) is 3.54. The molecule has 2 rings (SSSR count). The summed E-state index contributed by atoms with van der Waals surface area (Å²) in [5.74, 6) is -0.391. The van der Waals surface area contributed by atoms with Crippen LogP contribution in [0.4, 0.5) is 0 Å². The highest BCUT2D eigenvalue weighted by atomic mass is 32.1. The molecule has 2 heterocycles. The van der Waals surface area contributed by atoms with E-state index < -0.39 is 5.97 Å². The Morgan fingerprint density at radius 1 is 1.57 bits per heavy atom. The number of aromatic amines is 1. The molecule has 0 aromatic carbocycles. The smallest absolute Gasteiger partial charge is 0.349 e. The molecule has 0 radical (unpaired) electrons. The van der Waals surface area contributed by atoms with Crippen molar-refractivity contribution in [3.8, 4) is 10.7 Å². The lowest BCUT2D eigenvalue weighted by atomic mass is 10.5. The van der Waals surface area contributed by atoms with Crippen molar-refractivity contribution in [2.75, 3.05) is 7.11 Å². The summed E-state index contributed by atoms with van der Waals surface area (Å²) in [7, 11) is 1.33. The lowest BCUT2D eigenvalue weighted by molar-refractivity contribution is 0.0606. The third-order valence-corrected chi connectivity index (χ3v) is 2.53. The third-order valence-electron chi connectivity index (χ3n) is 1.53. The van der Waals surface area contributed by atoms with Gasteiger partial charge in [-0.1, -0.05) is 0 Å². The monoisotopic (exact) mass is 210 g/mol. The molecule has 14 heavy (non-hydrogen) atoms. The van der Waals surface area contributed by atoms with E-state index in [9.17, 15) is 4.79 Å². The molecule has 0 fully saturated rings. The van der Waals surface area contributed by atoms with Crippen LogP contribution in [0, 0.1) is 0 Å². The van der Waals surface area contributed by atoms with Crippen LogP contribution in [0.25, 0.3) is 10.7 Å². The lowest BCUT2D eigenvalue weighted by Crippen LogP contribution is -1.96. The van der Waals surface area contributed by atoms with Crippen LogP contribution < -0.4 is 0 Å². The molecule has 2 aromatic rings. The van der Waals surface area contributed by atoms with Gasteiger partial charge < -0.3 is 4.74 Å². The molecule has 0 bridgehead atoms. The van der Waals surface area contributed by atoms with Crippen LogP contribution in [0.15, 0.2) is 12.4 Å². The highest BCUT2D eigenvalue weighted by molar-refractivity contribution is 7.16. The Bertz CT molecular complexity index is 436. The number of esters is 1. The first-order chi connectivity index (χ1) is 6.81. The van der Waals surface area contributed by atoms with Gasteiger partial charge in [0.25, 0.3) is 0 Å². The van der Waals surface area contributed by atoms with Crippen molar-refractivity contribution in [1.82, 2.24) is 20.4 Å². The predicted octanol–water partition coefficient (Wildman–Crippen LogP) is 0.715. The van der Waals surface area contributed by atoms with Crippen molar-refractivity contribution in [2.24, 2.45) is 0 Å². The van der Waals surface area contributed by atoms with Gasteiger partial charge in [0.05, 0.1) is 19.5 Å². The number of thiazole rings is 1. The highest BCUT2D eigenvalue weighted by Gasteiger charge is 2.12. The highest BCUT2D eigenvalue weighted by Crippen LogP contribution is 2.22. The van der Waals surface area contributed by atoms with Gasteiger partial charge in [0.15, 0.2) is 0 Å². The van der Waals surface area contributed by atoms with Crippen LogP contribution in [0.3, 0.4) is 0 Å². The molecule has 0 aliphatic rings. The van der Waals surface area contributed by atoms with Gasteiger partial charge in [0.1, 0.15) is 15.6 Å². The van der Waals surface area contributed by atoms with Crippen LogP contribution >= 0.6 is 11.3 Å². The van der Waals surface area contributed by atoms with E-state index in [0.29, 0.717) is 15.6 Å². The molecule has 0 aliphatic heterocycles. The van der Waals surface area contributed by atoms with Crippen molar-refractivity contribution in [1.29, 1.82) is 0 Å². The van der Waals surface area contributed by atoms with Crippen molar-refractivity contribution >= 4 is 17.3 Å². The van der Waals surface area contributed by atoms with Crippen molar-refractivity contribution < 1.29 is 9.53 Å². The molecule has 0 spiro atoms. The van der Waals surface area contributed by atoms with Gasteiger partial charge in [0.2, 0.25) is 0 Å². The zero-order chi connectivity index (χ0) is 9.97. The number of rotatable bonds is 2. The summed E-state index contributed by atoms with van der Waals surface area (Å²) in [6.07, 6.45) is 3.00. The number of carbonyl (C=O) groups is 1. The summed E-state index contributed by atoms with van der Waals surface area (Å²) in [4.78, 5) is 15.6. The van der Waals surface area contributed by atoms with E-state index >= 15 is 0 Å². The molecule has 2 aromatic heterocycles. The van der Waals surface area contributed by atoms with Crippen LogP contribution in [-0.4, -0.2) is 33.5 Å². The molecule has 72 valence electrons. The first-order valence-electron chi connectivity index (χ1n) is 3.71. The molecule has 0 atom stereocenters.